The Hall–Kier alpha value is -3.20. The second-order valence-corrected chi connectivity index (χ2v) is 5.80. The first kappa shape index (κ1) is 20.1. The third kappa shape index (κ3) is 4.14. The van der Waals surface area contributed by atoms with E-state index in [1.54, 1.807) is 6.92 Å². The van der Waals surface area contributed by atoms with Gasteiger partial charge in [-0.1, -0.05) is 11.6 Å². The van der Waals surface area contributed by atoms with Gasteiger partial charge in [-0.25, -0.2) is 4.79 Å². The van der Waals surface area contributed by atoms with Crippen LogP contribution in [0.3, 0.4) is 0 Å². The topological polar surface area (TPSA) is 129 Å². The predicted molar refractivity (Wildman–Crippen MR) is 95.5 cm³/mol. The number of hydrogen-bond acceptors (Lipinski definition) is 7. The van der Waals surface area contributed by atoms with E-state index in [-0.39, 0.29) is 40.0 Å². The van der Waals surface area contributed by atoms with Crippen molar-refractivity contribution in [3.63, 3.8) is 0 Å². The van der Waals surface area contributed by atoms with E-state index < -0.39 is 28.3 Å². The number of ketones is 1. The summed E-state index contributed by atoms with van der Waals surface area (Å²) < 4.78 is 10.3. The first-order chi connectivity index (χ1) is 12.7. The maximum Gasteiger partial charge on any atom is 0.344 e. The highest BCUT2D eigenvalue weighted by atomic mass is 35.5. The molecule has 2 rings (SSSR count). The molecule has 0 aliphatic heterocycles. The number of Topliss-reactive ketones (excluding diaryl/α,β-unsaturated/α-hetero) is 1. The molecule has 1 aromatic heterocycles. The van der Waals surface area contributed by atoms with Gasteiger partial charge in [0, 0.05) is 11.6 Å². The smallest absolute Gasteiger partial charge is 0.344 e. The number of furan rings is 1. The first-order valence-electron chi connectivity index (χ1n) is 7.74. The van der Waals surface area contributed by atoms with Crippen molar-refractivity contribution in [1.82, 2.24) is 0 Å². The molecule has 2 aromatic rings. The van der Waals surface area contributed by atoms with Crippen LogP contribution in [0.25, 0.3) is 0 Å². The molecule has 0 bridgehead atoms. The molecular weight excluding hydrogens is 380 g/mol. The van der Waals surface area contributed by atoms with Gasteiger partial charge in [0.2, 0.25) is 5.88 Å². The van der Waals surface area contributed by atoms with Gasteiger partial charge in [-0.15, -0.1) is 0 Å². The quantitative estimate of drug-likeness (QED) is 0.341. The number of ether oxygens (including phenoxy) is 1. The van der Waals surface area contributed by atoms with Crippen molar-refractivity contribution in [3.8, 4) is 0 Å². The number of nitro groups is 1. The molecule has 142 valence electrons. The molecule has 0 fully saturated rings. The molecule has 0 spiro atoms. The number of halogens is 1. The van der Waals surface area contributed by atoms with Crippen LogP contribution in [0.4, 0.5) is 11.6 Å². The number of carbonyl (C=O) groups is 3. The van der Waals surface area contributed by atoms with Crippen molar-refractivity contribution in [2.75, 3.05) is 11.9 Å². The first-order valence-corrected chi connectivity index (χ1v) is 8.11. The van der Waals surface area contributed by atoms with E-state index in [0.717, 1.165) is 6.07 Å². The summed E-state index contributed by atoms with van der Waals surface area (Å²) in [6.07, 6.45) is 0. The highest BCUT2D eigenvalue weighted by molar-refractivity contribution is 6.32. The number of hydrogen-bond donors (Lipinski definition) is 1. The standard InChI is InChI=1S/C17H15ClN2O7/c1-4-26-17(23)14-13(8(2)21)9(3)27-16(14)19-15(22)10-5-6-11(18)12(7-10)20(24)25/h5-7H,4H2,1-3H3,(H,19,22). The van der Waals surface area contributed by atoms with Crippen molar-refractivity contribution in [2.45, 2.75) is 20.8 Å². The Kier molecular flexibility index (Phi) is 5.96. The largest absolute Gasteiger partial charge is 0.462 e. The normalized spacial score (nSPS) is 10.4. The molecule has 1 N–H and O–H groups in total. The number of anilines is 1. The SMILES string of the molecule is CCOC(=O)c1c(NC(=O)c2ccc(Cl)c([N+](=O)[O-])c2)oc(C)c1C(C)=O. The summed E-state index contributed by atoms with van der Waals surface area (Å²) >= 11 is 5.73. The number of nitrogens with one attached hydrogen (secondary N) is 1. The monoisotopic (exact) mass is 394 g/mol. The lowest BCUT2D eigenvalue weighted by molar-refractivity contribution is -0.384. The van der Waals surface area contributed by atoms with Gasteiger partial charge < -0.3 is 9.15 Å². The number of aryl methyl sites for hydroxylation is 1. The molecule has 27 heavy (non-hydrogen) atoms. The number of nitro benzene ring substituents is 1. The molecule has 0 unspecified atom stereocenters. The Labute approximate surface area is 158 Å². The predicted octanol–water partition coefficient (Wildman–Crippen LogP) is 3.78. The zero-order valence-corrected chi connectivity index (χ0v) is 15.4. The number of benzene rings is 1. The molecule has 9 nitrogen and oxygen atoms in total. The molecule has 0 radical (unpaired) electrons. The number of esters is 1. The molecular formula is C17H15ClN2O7. The van der Waals surface area contributed by atoms with Gasteiger partial charge in [-0.2, -0.15) is 0 Å². The van der Waals surface area contributed by atoms with E-state index in [1.807, 2.05) is 0 Å². The summed E-state index contributed by atoms with van der Waals surface area (Å²) in [5, 5.41) is 13.2. The van der Waals surface area contributed by atoms with Crippen molar-refractivity contribution in [1.29, 1.82) is 0 Å². The number of rotatable bonds is 6. The Morgan fingerprint density at radius 1 is 1.30 bits per heavy atom. The van der Waals surface area contributed by atoms with Crippen LogP contribution in [0.5, 0.6) is 0 Å². The van der Waals surface area contributed by atoms with Crippen molar-refractivity contribution >= 4 is 40.8 Å². The summed E-state index contributed by atoms with van der Waals surface area (Å²) in [5.74, 6) is -2.22. The maximum absolute atomic E-state index is 12.4. The van der Waals surface area contributed by atoms with Crippen molar-refractivity contribution in [2.24, 2.45) is 0 Å². The van der Waals surface area contributed by atoms with Crippen LogP contribution in [0, 0.1) is 17.0 Å². The summed E-state index contributed by atoms with van der Waals surface area (Å²) in [6.45, 7) is 4.34. The number of nitrogens with zero attached hydrogens (tertiary/aromatic N) is 1. The van der Waals surface area contributed by atoms with Gasteiger partial charge in [0.1, 0.15) is 16.3 Å². The van der Waals surface area contributed by atoms with Gasteiger partial charge in [0.25, 0.3) is 11.6 Å². The average Bonchev–Trinajstić information content (AvgIpc) is 2.91. The molecule has 1 heterocycles. The molecule has 0 saturated carbocycles. The van der Waals surface area contributed by atoms with Gasteiger partial charge in [-0.05, 0) is 32.9 Å². The zero-order valence-electron chi connectivity index (χ0n) is 14.6. The van der Waals surface area contributed by atoms with E-state index >= 15 is 0 Å². The third-order valence-corrected chi connectivity index (χ3v) is 3.87. The highest BCUT2D eigenvalue weighted by Crippen LogP contribution is 2.30. The van der Waals surface area contributed by atoms with Crippen LogP contribution < -0.4 is 5.32 Å². The highest BCUT2D eigenvalue weighted by Gasteiger charge is 2.29. The van der Waals surface area contributed by atoms with Gasteiger partial charge in [0.15, 0.2) is 5.78 Å². The minimum atomic E-state index is -0.836. The van der Waals surface area contributed by atoms with Crippen LogP contribution in [-0.2, 0) is 4.74 Å². The fraction of sp³-hybridized carbons (Fsp3) is 0.235. The Morgan fingerprint density at radius 3 is 2.52 bits per heavy atom. The maximum atomic E-state index is 12.4. The van der Waals surface area contributed by atoms with Gasteiger partial charge >= 0.3 is 5.97 Å². The van der Waals surface area contributed by atoms with Gasteiger partial charge in [0.05, 0.1) is 17.1 Å². The number of amides is 1. The number of carbonyl (C=O) groups excluding carboxylic acids is 3. The summed E-state index contributed by atoms with van der Waals surface area (Å²) in [5.41, 5.74) is -0.751. The Bertz CT molecular complexity index is 949. The lowest BCUT2D eigenvalue weighted by Gasteiger charge is -2.06. The fourth-order valence-electron chi connectivity index (χ4n) is 2.42. The third-order valence-electron chi connectivity index (χ3n) is 3.55. The minimum Gasteiger partial charge on any atom is -0.462 e. The summed E-state index contributed by atoms with van der Waals surface area (Å²) in [6, 6.07) is 3.47. The van der Waals surface area contributed by atoms with E-state index in [4.69, 9.17) is 20.8 Å². The lowest BCUT2D eigenvalue weighted by Crippen LogP contribution is -2.16. The molecule has 0 saturated heterocycles. The second-order valence-electron chi connectivity index (χ2n) is 5.39. The Morgan fingerprint density at radius 2 is 1.96 bits per heavy atom. The molecule has 0 atom stereocenters. The van der Waals surface area contributed by atoms with E-state index in [2.05, 4.69) is 5.32 Å². The van der Waals surface area contributed by atoms with Crippen LogP contribution in [-0.4, -0.2) is 29.2 Å². The van der Waals surface area contributed by atoms with Crippen LogP contribution in [0.1, 0.15) is 50.7 Å². The van der Waals surface area contributed by atoms with Crippen molar-refractivity contribution in [3.05, 3.63) is 55.8 Å². The molecule has 0 aliphatic rings. The summed E-state index contributed by atoms with van der Waals surface area (Å²) in [7, 11) is 0. The van der Waals surface area contributed by atoms with Crippen LogP contribution >= 0.6 is 11.6 Å². The second kappa shape index (κ2) is 8.00. The zero-order chi connectivity index (χ0) is 20.3. The fourth-order valence-corrected chi connectivity index (χ4v) is 2.61. The summed E-state index contributed by atoms with van der Waals surface area (Å²) in [4.78, 5) is 46.8. The Balaban J connectivity index is 2.45. The van der Waals surface area contributed by atoms with E-state index in [9.17, 15) is 24.5 Å². The molecule has 1 aromatic carbocycles. The van der Waals surface area contributed by atoms with E-state index in [1.165, 1.54) is 26.0 Å². The van der Waals surface area contributed by atoms with Gasteiger partial charge in [-0.3, -0.25) is 25.0 Å². The van der Waals surface area contributed by atoms with E-state index in [0.29, 0.717) is 0 Å². The minimum absolute atomic E-state index is 0.00848. The lowest BCUT2D eigenvalue weighted by atomic mass is 10.1. The van der Waals surface area contributed by atoms with Crippen LogP contribution in [0.15, 0.2) is 22.6 Å². The van der Waals surface area contributed by atoms with Crippen molar-refractivity contribution < 1.29 is 28.5 Å². The average molecular weight is 395 g/mol. The molecule has 1 amide bonds. The molecule has 10 heteroatoms. The molecule has 0 aliphatic carbocycles. The van der Waals surface area contributed by atoms with Crippen LogP contribution in [0.2, 0.25) is 5.02 Å².